The number of ketones is 2. The van der Waals surface area contributed by atoms with Crippen LogP contribution in [-0.4, -0.2) is 24.1 Å². The van der Waals surface area contributed by atoms with Gasteiger partial charge in [-0.1, -0.05) is 24.3 Å². The van der Waals surface area contributed by atoms with Crippen LogP contribution in [-0.2, 0) is 14.3 Å². The van der Waals surface area contributed by atoms with Gasteiger partial charge in [0.05, 0.1) is 6.61 Å². The van der Waals surface area contributed by atoms with Crippen LogP contribution in [0.3, 0.4) is 0 Å². The molecule has 0 heterocycles. The fraction of sp³-hybridized carbons (Fsp3) is 0.250. The number of hydrogen-bond acceptors (Lipinski definition) is 4. The van der Waals surface area contributed by atoms with Crippen molar-refractivity contribution in [1.29, 1.82) is 0 Å². The molecule has 0 amide bonds. The Morgan fingerprint density at radius 2 is 1.81 bits per heavy atom. The molecule has 0 aliphatic rings. The first-order valence-corrected chi connectivity index (χ1v) is 4.89. The van der Waals surface area contributed by atoms with Crippen LogP contribution in [0.25, 0.3) is 0 Å². The number of carbonyl (C=O) groups is 3. The molecule has 0 radical (unpaired) electrons. The monoisotopic (exact) mass is 220 g/mol. The van der Waals surface area contributed by atoms with E-state index in [1.54, 1.807) is 32.0 Å². The lowest BCUT2D eigenvalue weighted by Gasteiger charge is -2.03. The molecule has 4 heteroatoms. The van der Waals surface area contributed by atoms with Crippen molar-refractivity contribution in [2.24, 2.45) is 0 Å². The van der Waals surface area contributed by atoms with Gasteiger partial charge in [0.25, 0.3) is 0 Å². The third-order valence-corrected chi connectivity index (χ3v) is 2.06. The number of rotatable bonds is 4. The van der Waals surface area contributed by atoms with E-state index in [-0.39, 0.29) is 12.2 Å². The molecule has 0 fully saturated rings. The maximum atomic E-state index is 11.6. The second-order valence-electron chi connectivity index (χ2n) is 3.19. The van der Waals surface area contributed by atoms with Crippen LogP contribution in [0.2, 0.25) is 0 Å². The molecule has 84 valence electrons. The van der Waals surface area contributed by atoms with E-state index in [1.165, 1.54) is 6.07 Å². The zero-order chi connectivity index (χ0) is 12.1. The Balaban J connectivity index is 2.91. The van der Waals surface area contributed by atoms with E-state index in [1.807, 2.05) is 0 Å². The number of carbonyl (C=O) groups excluding carboxylic acids is 3. The quantitative estimate of drug-likeness (QED) is 0.332. The van der Waals surface area contributed by atoms with Crippen LogP contribution in [0.5, 0.6) is 0 Å². The Labute approximate surface area is 93.2 Å². The summed E-state index contributed by atoms with van der Waals surface area (Å²) >= 11 is 0. The molecule has 0 atom stereocenters. The molecule has 1 aromatic carbocycles. The minimum absolute atomic E-state index is 0.0750. The third-order valence-electron chi connectivity index (χ3n) is 2.06. The Hall–Kier alpha value is -1.97. The first-order chi connectivity index (χ1) is 7.57. The summed E-state index contributed by atoms with van der Waals surface area (Å²) in [6, 6.07) is 6.60. The van der Waals surface area contributed by atoms with E-state index >= 15 is 0 Å². The van der Waals surface area contributed by atoms with Gasteiger partial charge in [-0.05, 0) is 19.4 Å². The smallest absolute Gasteiger partial charge is 0.383 e. The van der Waals surface area contributed by atoms with Gasteiger partial charge in [-0.2, -0.15) is 0 Å². The highest BCUT2D eigenvalue weighted by molar-refractivity contribution is 6.65. The van der Waals surface area contributed by atoms with Crippen molar-refractivity contribution in [2.75, 3.05) is 6.61 Å². The molecular weight excluding hydrogens is 208 g/mol. The average Bonchev–Trinajstić information content (AvgIpc) is 2.28. The average molecular weight is 220 g/mol. The second kappa shape index (κ2) is 5.21. The summed E-state index contributed by atoms with van der Waals surface area (Å²) in [7, 11) is 0. The van der Waals surface area contributed by atoms with Gasteiger partial charge in [-0.25, -0.2) is 4.79 Å². The fourth-order valence-corrected chi connectivity index (χ4v) is 1.24. The first kappa shape index (κ1) is 12.1. The molecule has 0 saturated carbocycles. The van der Waals surface area contributed by atoms with E-state index in [0.717, 1.165) is 0 Å². The maximum Gasteiger partial charge on any atom is 0.383 e. The highest BCUT2D eigenvalue weighted by Crippen LogP contribution is 2.08. The highest BCUT2D eigenvalue weighted by atomic mass is 16.5. The number of aryl methyl sites for hydroxylation is 1. The topological polar surface area (TPSA) is 60.4 Å². The van der Waals surface area contributed by atoms with Gasteiger partial charge in [0.2, 0.25) is 5.78 Å². The molecule has 0 aliphatic carbocycles. The molecule has 0 unspecified atom stereocenters. The van der Waals surface area contributed by atoms with Crippen molar-refractivity contribution in [3.05, 3.63) is 35.4 Å². The van der Waals surface area contributed by atoms with E-state index in [2.05, 4.69) is 4.74 Å². The molecule has 0 N–H and O–H groups in total. The van der Waals surface area contributed by atoms with Gasteiger partial charge in [0, 0.05) is 5.56 Å². The van der Waals surface area contributed by atoms with Crippen molar-refractivity contribution in [3.63, 3.8) is 0 Å². The fourth-order valence-electron chi connectivity index (χ4n) is 1.24. The van der Waals surface area contributed by atoms with E-state index in [0.29, 0.717) is 5.56 Å². The van der Waals surface area contributed by atoms with Gasteiger partial charge in [-0.15, -0.1) is 0 Å². The Morgan fingerprint density at radius 1 is 1.19 bits per heavy atom. The van der Waals surface area contributed by atoms with Crippen LogP contribution in [0.15, 0.2) is 24.3 Å². The Bertz CT molecular complexity index is 434. The molecule has 0 aromatic heterocycles. The van der Waals surface area contributed by atoms with Gasteiger partial charge >= 0.3 is 11.8 Å². The summed E-state index contributed by atoms with van der Waals surface area (Å²) in [6.07, 6.45) is 0. The lowest BCUT2D eigenvalue weighted by Crippen LogP contribution is -2.26. The number of benzene rings is 1. The van der Waals surface area contributed by atoms with Crippen molar-refractivity contribution in [1.82, 2.24) is 0 Å². The molecule has 4 nitrogen and oxygen atoms in total. The molecule has 0 bridgehead atoms. The minimum Gasteiger partial charge on any atom is -0.460 e. The predicted molar refractivity (Wildman–Crippen MR) is 57.1 cm³/mol. The van der Waals surface area contributed by atoms with E-state index in [9.17, 15) is 14.4 Å². The second-order valence-corrected chi connectivity index (χ2v) is 3.19. The van der Waals surface area contributed by atoms with Crippen LogP contribution < -0.4 is 0 Å². The molecule has 0 spiro atoms. The van der Waals surface area contributed by atoms with Gasteiger partial charge in [-0.3, -0.25) is 9.59 Å². The summed E-state index contributed by atoms with van der Waals surface area (Å²) in [6.45, 7) is 3.35. The van der Waals surface area contributed by atoms with Crippen molar-refractivity contribution < 1.29 is 19.1 Å². The molecule has 1 aromatic rings. The zero-order valence-electron chi connectivity index (χ0n) is 9.15. The Kier molecular flexibility index (Phi) is 3.94. The summed E-state index contributed by atoms with van der Waals surface area (Å²) < 4.78 is 4.48. The number of ether oxygens (including phenoxy) is 1. The number of Topliss-reactive ketones (excluding diaryl/α,β-unsaturated/α-hetero) is 2. The molecule has 16 heavy (non-hydrogen) atoms. The largest absolute Gasteiger partial charge is 0.460 e. The van der Waals surface area contributed by atoms with Crippen molar-refractivity contribution >= 4 is 17.5 Å². The van der Waals surface area contributed by atoms with Crippen LogP contribution in [0.1, 0.15) is 22.8 Å². The van der Waals surface area contributed by atoms with Gasteiger partial charge in [0.1, 0.15) is 0 Å². The zero-order valence-corrected chi connectivity index (χ0v) is 9.15. The summed E-state index contributed by atoms with van der Waals surface area (Å²) in [5, 5.41) is 0. The van der Waals surface area contributed by atoms with E-state index < -0.39 is 17.5 Å². The summed E-state index contributed by atoms with van der Waals surface area (Å²) in [4.78, 5) is 34.1. The SMILES string of the molecule is CCOC(=O)C(=O)C(=O)c1ccccc1C. The molecular formula is C12H12O4. The lowest BCUT2D eigenvalue weighted by atomic mass is 10.0. The number of hydrogen-bond donors (Lipinski definition) is 0. The molecule has 1 rings (SSSR count). The van der Waals surface area contributed by atoms with Gasteiger partial charge < -0.3 is 4.74 Å². The minimum atomic E-state index is -1.13. The number of esters is 1. The lowest BCUT2D eigenvalue weighted by molar-refractivity contribution is -0.151. The predicted octanol–water partition coefficient (Wildman–Crippen LogP) is 1.31. The van der Waals surface area contributed by atoms with Crippen LogP contribution >= 0.6 is 0 Å². The van der Waals surface area contributed by atoms with Gasteiger partial charge in [0.15, 0.2) is 0 Å². The highest BCUT2D eigenvalue weighted by Gasteiger charge is 2.26. The summed E-state index contributed by atoms with van der Waals surface area (Å²) in [5.41, 5.74) is 0.894. The van der Waals surface area contributed by atoms with Crippen molar-refractivity contribution in [3.8, 4) is 0 Å². The first-order valence-electron chi connectivity index (χ1n) is 4.89. The van der Waals surface area contributed by atoms with Crippen LogP contribution in [0, 0.1) is 6.92 Å². The standard InChI is InChI=1S/C12H12O4/c1-3-16-12(15)11(14)10(13)9-7-5-4-6-8(9)2/h4-7H,3H2,1-2H3. The van der Waals surface area contributed by atoms with E-state index in [4.69, 9.17) is 0 Å². The van der Waals surface area contributed by atoms with Crippen LogP contribution in [0.4, 0.5) is 0 Å². The third kappa shape index (κ3) is 2.53. The summed E-state index contributed by atoms with van der Waals surface area (Å²) in [5.74, 6) is -3.05. The van der Waals surface area contributed by atoms with Crippen molar-refractivity contribution in [2.45, 2.75) is 13.8 Å². The normalized spacial score (nSPS) is 9.62. The molecule has 0 aliphatic heterocycles. The molecule has 0 saturated heterocycles. The Morgan fingerprint density at radius 3 is 2.38 bits per heavy atom. The maximum absolute atomic E-state index is 11.6.